The number of amides is 1. The lowest BCUT2D eigenvalue weighted by Gasteiger charge is -2.11. The van der Waals surface area contributed by atoms with Crippen LogP contribution in [-0.4, -0.2) is 36.6 Å². The predicted molar refractivity (Wildman–Crippen MR) is 33.6 cm³/mol. The van der Waals surface area contributed by atoms with Crippen LogP contribution in [0.25, 0.3) is 0 Å². The number of hydrogen-bond donors (Lipinski definition) is 0. The maximum absolute atomic E-state index is 10.6. The summed E-state index contributed by atoms with van der Waals surface area (Å²) in [7, 11) is 1.68. The molecule has 0 N–H and O–H groups in total. The van der Waals surface area contributed by atoms with Crippen molar-refractivity contribution < 1.29 is 9.53 Å². The molecule has 1 aliphatic heterocycles. The summed E-state index contributed by atoms with van der Waals surface area (Å²) in [6, 6.07) is 0.0687. The van der Waals surface area contributed by atoms with Gasteiger partial charge in [0.1, 0.15) is 6.61 Å². The van der Waals surface area contributed by atoms with Gasteiger partial charge in [-0.1, -0.05) is 0 Å². The summed E-state index contributed by atoms with van der Waals surface area (Å²) in [5, 5.41) is 0. The van der Waals surface area contributed by atoms with Crippen molar-refractivity contribution in [3.63, 3.8) is 0 Å². The number of cyclic esters (lactones) is 1. The molecule has 0 aromatic rings. The highest BCUT2D eigenvalue weighted by atomic mass is 35.5. The molecule has 1 atom stereocenters. The molecule has 0 aliphatic carbocycles. The zero-order valence-corrected chi connectivity index (χ0v) is 5.89. The van der Waals surface area contributed by atoms with Crippen LogP contribution in [0.5, 0.6) is 0 Å². The summed E-state index contributed by atoms with van der Waals surface area (Å²) in [4.78, 5) is 12.1. The van der Waals surface area contributed by atoms with Crippen LogP contribution in [0.1, 0.15) is 0 Å². The average Bonchev–Trinajstić information content (AvgIpc) is 2.15. The van der Waals surface area contributed by atoms with Crippen LogP contribution in [-0.2, 0) is 4.74 Å². The van der Waals surface area contributed by atoms with Gasteiger partial charge in [0.15, 0.2) is 0 Å². The van der Waals surface area contributed by atoms with Gasteiger partial charge in [-0.25, -0.2) is 4.79 Å². The van der Waals surface area contributed by atoms with Crippen molar-refractivity contribution in [3.05, 3.63) is 0 Å². The Morgan fingerprint density at radius 3 is 2.89 bits per heavy atom. The van der Waals surface area contributed by atoms with Gasteiger partial charge in [-0.3, -0.25) is 0 Å². The number of likely N-dealkylation sites (N-methyl/N-ethyl adjacent to an activating group) is 1. The van der Waals surface area contributed by atoms with E-state index in [1.54, 1.807) is 7.05 Å². The van der Waals surface area contributed by atoms with Gasteiger partial charge in [-0.2, -0.15) is 0 Å². The Bertz CT molecular complexity index is 128. The molecule has 3 nitrogen and oxygen atoms in total. The van der Waals surface area contributed by atoms with Gasteiger partial charge in [0.25, 0.3) is 0 Å². The molecule has 0 aromatic heterocycles. The Labute approximate surface area is 58.5 Å². The van der Waals surface area contributed by atoms with Crippen molar-refractivity contribution in [1.29, 1.82) is 0 Å². The molecular weight excluding hydrogens is 142 g/mol. The van der Waals surface area contributed by atoms with E-state index in [2.05, 4.69) is 4.74 Å². The van der Waals surface area contributed by atoms with Crippen LogP contribution in [0, 0.1) is 0 Å². The van der Waals surface area contributed by atoms with E-state index in [4.69, 9.17) is 11.6 Å². The first-order valence-corrected chi connectivity index (χ1v) is 3.24. The fourth-order valence-electron chi connectivity index (χ4n) is 0.678. The second kappa shape index (κ2) is 2.43. The summed E-state index contributed by atoms with van der Waals surface area (Å²) >= 11 is 5.49. The first kappa shape index (κ1) is 6.68. The highest BCUT2D eigenvalue weighted by molar-refractivity contribution is 6.18. The fourth-order valence-corrected chi connectivity index (χ4v) is 0.974. The van der Waals surface area contributed by atoms with Crippen molar-refractivity contribution in [3.8, 4) is 0 Å². The molecule has 0 aromatic carbocycles. The van der Waals surface area contributed by atoms with Gasteiger partial charge in [-0.15, -0.1) is 11.6 Å². The highest BCUT2D eigenvalue weighted by Crippen LogP contribution is 2.09. The molecule has 1 saturated heterocycles. The van der Waals surface area contributed by atoms with Gasteiger partial charge < -0.3 is 9.64 Å². The van der Waals surface area contributed by atoms with E-state index in [9.17, 15) is 4.79 Å². The molecule has 0 radical (unpaired) electrons. The largest absolute Gasteiger partial charge is 0.447 e. The number of carbonyl (C=O) groups excluding carboxylic acids is 1. The molecule has 0 unspecified atom stereocenters. The molecule has 4 heteroatoms. The molecular formula is C5H8ClNO2. The molecule has 9 heavy (non-hydrogen) atoms. The Hall–Kier alpha value is -0.440. The van der Waals surface area contributed by atoms with Crippen LogP contribution in [0.2, 0.25) is 0 Å². The van der Waals surface area contributed by atoms with Crippen molar-refractivity contribution in [2.75, 3.05) is 19.5 Å². The van der Waals surface area contributed by atoms with Gasteiger partial charge in [0, 0.05) is 12.9 Å². The van der Waals surface area contributed by atoms with Crippen LogP contribution in [0.3, 0.4) is 0 Å². The standard InChI is InChI=1S/C5H8ClNO2/c1-7-4(2-6)3-9-5(7)8/h4H,2-3H2,1H3/t4-/m0/s1. The number of rotatable bonds is 1. The minimum absolute atomic E-state index is 0.0687. The van der Waals surface area contributed by atoms with Crippen molar-refractivity contribution in [2.45, 2.75) is 6.04 Å². The second-order valence-electron chi connectivity index (χ2n) is 2.00. The molecule has 1 amide bonds. The van der Waals surface area contributed by atoms with Crippen molar-refractivity contribution >= 4 is 17.7 Å². The van der Waals surface area contributed by atoms with Crippen LogP contribution in [0.15, 0.2) is 0 Å². The van der Waals surface area contributed by atoms with Crippen LogP contribution in [0.4, 0.5) is 4.79 Å². The van der Waals surface area contributed by atoms with E-state index in [-0.39, 0.29) is 12.1 Å². The first-order valence-electron chi connectivity index (χ1n) is 2.71. The van der Waals surface area contributed by atoms with E-state index < -0.39 is 0 Å². The summed E-state index contributed by atoms with van der Waals surface area (Å²) < 4.78 is 4.67. The molecule has 0 spiro atoms. The lowest BCUT2D eigenvalue weighted by atomic mass is 10.4. The minimum atomic E-state index is -0.277. The Kier molecular flexibility index (Phi) is 1.81. The van der Waals surface area contributed by atoms with Gasteiger partial charge in [0.2, 0.25) is 0 Å². The maximum atomic E-state index is 10.6. The number of nitrogens with zero attached hydrogens (tertiary/aromatic N) is 1. The molecule has 1 rings (SSSR count). The lowest BCUT2D eigenvalue weighted by Crippen LogP contribution is -2.30. The Morgan fingerprint density at radius 1 is 2.00 bits per heavy atom. The van der Waals surface area contributed by atoms with Crippen molar-refractivity contribution in [1.82, 2.24) is 4.90 Å². The summed E-state index contributed by atoms with van der Waals surface area (Å²) in [5.74, 6) is 0.447. The molecule has 1 aliphatic rings. The van der Waals surface area contributed by atoms with E-state index >= 15 is 0 Å². The molecule has 52 valence electrons. The quantitative estimate of drug-likeness (QED) is 0.513. The molecule has 0 saturated carbocycles. The lowest BCUT2D eigenvalue weighted by molar-refractivity contribution is 0.163. The fraction of sp³-hybridized carbons (Fsp3) is 0.800. The van der Waals surface area contributed by atoms with E-state index in [1.165, 1.54) is 4.90 Å². The highest BCUT2D eigenvalue weighted by Gasteiger charge is 2.28. The SMILES string of the molecule is CN1C(=O)OC[C@@H]1CCl. The number of alkyl halides is 1. The normalized spacial score (nSPS) is 26.7. The third-order valence-corrected chi connectivity index (χ3v) is 1.77. The van der Waals surface area contributed by atoms with Crippen molar-refractivity contribution in [2.24, 2.45) is 0 Å². The van der Waals surface area contributed by atoms with E-state index in [0.29, 0.717) is 12.5 Å². The molecule has 0 bridgehead atoms. The summed E-state index contributed by atoms with van der Waals surface area (Å²) in [5.41, 5.74) is 0. The number of ether oxygens (including phenoxy) is 1. The second-order valence-corrected chi connectivity index (χ2v) is 2.30. The van der Waals surface area contributed by atoms with Gasteiger partial charge >= 0.3 is 6.09 Å². The number of halogens is 1. The Morgan fingerprint density at radius 2 is 2.67 bits per heavy atom. The first-order chi connectivity index (χ1) is 4.25. The number of carbonyl (C=O) groups is 1. The summed E-state index contributed by atoms with van der Waals surface area (Å²) in [6.07, 6.45) is -0.277. The zero-order chi connectivity index (χ0) is 6.85. The monoisotopic (exact) mass is 149 g/mol. The van der Waals surface area contributed by atoms with Crippen LogP contribution < -0.4 is 0 Å². The topological polar surface area (TPSA) is 29.5 Å². The number of hydrogen-bond acceptors (Lipinski definition) is 2. The molecule has 1 heterocycles. The van der Waals surface area contributed by atoms with Gasteiger partial charge in [-0.05, 0) is 0 Å². The maximum Gasteiger partial charge on any atom is 0.409 e. The van der Waals surface area contributed by atoms with Crippen LogP contribution >= 0.6 is 11.6 Å². The smallest absolute Gasteiger partial charge is 0.409 e. The van der Waals surface area contributed by atoms with Gasteiger partial charge in [0.05, 0.1) is 6.04 Å². The van der Waals surface area contributed by atoms with E-state index in [0.717, 1.165) is 0 Å². The predicted octanol–water partition coefficient (Wildman–Crippen LogP) is 0.676. The Balaban J connectivity index is 2.51. The van der Waals surface area contributed by atoms with E-state index in [1.807, 2.05) is 0 Å². The minimum Gasteiger partial charge on any atom is -0.447 e. The third kappa shape index (κ3) is 1.10. The summed E-state index contributed by atoms with van der Waals surface area (Å²) in [6.45, 7) is 0.429. The zero-order valence-electron chi connectivity index (χ0n) is 5.13. The third-order valence-electron chi connectivity index (χ3n) is 1.41. The molecule has 1 fully saturated rings. The average molecular weight is 150 g/mol.